The summed E-state index contributed by atoms with van der Waals surface area (Å²) in [6, 6.07) is 9.15. The van der Waals surface area contributed by atoms with Crippen LogP contribution in [0, 0.1) is 0 Å². The molecule has 0 bridgehead atoms. The zero-order valence-corrected chi connectivity index (χ0v) is 16.3. The summed E-state index contributed by atoms with van der Waals surface area (Å²) in [4.78, 5) is 14.0. The predicted octanol–water partition coefficient (Wildman–Crippen LogP) is 3.37. The van der Waals surface area contributed by atoms with Gasteiger partial charge < -0.3 is 9.64 Å². The van der Waals surface area contributed by atoms with E-state index >= 15 is 0 Å². The average molecular weight is 428 g/mol. The third-order valence-corrected chi connectivity index (χ3v) is 5.78. The number of hydrogen-bond acceptors (Lipinski definition) is 4. The Kier molecular flexibility index (Phi) is 5.85. The normalized spacial score (nSPS) is 17.8. The number of halogens is 3. The van der Waals surface area contributed by atoms with Crippen LogP contribution in [-0.2, 0) is 20.9 Å². The molecule has 156 valence electrons. The summed E-state index contributed by atoms with van der Waals surface area (Å²) in [6.45, 7) is 3.17. The highest BCUT2D eigenvalue weighted by atomic mass is 32.2. The van der Waals surface area contributed by atoms with Gasteiger partial charge in [0.1, 0.15) is 0 Å². The number of carbonyl (C=O) groups is 1. The molecular weight excluding hydrogens is 409 g/mol. The molecule has 1 saturated heterocycles. The fourth-order valence-electron chi connectivity index (χ4n) is 2.94. The van der Waals surface area contributed by atoms with Crippen LogP contribution in [0.1, 0.15) is 22.8 Å². The summed E-state index contributed by atoms with van der Waals surface area (Å²) in [5.74, 6) is -0.241. The van der Waals surface area contributed by atoms with Crippen LogP contribution < -0.4 is 4.72 Å². The Labute approximate surface area is 166 Å². The van der Waals surface area contributed by atoms with Crippen molar-refractivity contribution in [2.45, 2.75) is 24.1 Å². The largest absolute Gasteiger partial charge is 0.416 e. The van der Waals surface area contributed by atoms with E-state index in [1.807, 2.05) is 6.92 Å². The van der Waals surface area contributed by atoms with Crippen molar-refractivity contribution in [1.82, 2.24) is 4.90 Å². The van der Waals surface area contributed by atoms with Crippen LogP contribution in [-0.4, -0.2) is 45.0 Å². The van der Waals surface area contributed by atoms with Crippen molar-refractivity contribution in [2.75, 3.05) is 24.4 Å². The quantitative estimate of drug-likeness (QED) is 0.810. The van der Waals surface area contributed by atoms with Gasteiger partial charge in [-0.2, -0.15) is 13.2 Å². The molecule has 3 rings (SSSR count). The lowest BCUT2D eigenvalue weighted by atomic mass is 10.2. The molecule has 0 saturated carbocycles. The Balaban J connectivity index is 1.76. The number of rotatable bonds is 4. The van der Waals surface area contributed by atoms with E-state index in [-0.39, 0.29) is 22.6 Å². The molecule has 0 aromatic heterocycles. The maximum Gasteiger partial charge on any atom is 0.416 e. The lowest BCUT2D eigenvalue weighted by molar-refractivity contribution is -0.137. The molecule has 10 heteroatoms. The zero-order chi connectivity index (χ0) is 21.2. The van der Waals surface area contributed by atoms with Gasteiger partial charge in [-0.1, -0.05) is 6.07 Å². The van der Waals surface area contributed by atoms with Gasteiger partial charge in [0.2, 0.25) is 0 Å². The Bertz CT molecular complexity index is 991. The van der Waals surface area contributed by atoms with Gasteiger partial charge in [0, 0.05) is 24.3 Å². The van der Waals surface area contributed by atoms with Crippen LogP contribution in [0.2, 0.25) is 0 Å². The van der Waals surface area contributed by atoms with Crippen LogP contribution in [0.4, 0.5) is 18.9 Å². The van der Waals surface area contributed by atoms with E-state index in [1.54, 1.807) is 4.90 Å². The first-order chi connectivity index (χ1) is 13.6. The molecule has 1 heterocycles. The van der Waals surface area contributed by atoms with Crippen LogP contribution in [0.15, 0.2) is 53.4 Å². The molecule has 2 aromatic carbocycles. The van der Waals surface area contributed by atoms with Gasteiger partial charge in [-0.3, -0.25) is 9.52 Å². The number of nitrogens with zero attached hydrogens (tertiary/aromatic N) is 1. The van der Waals surface area contributed by atoms with Crippen LogP contribution >= 0.6 is 0 Å². The molecule has 1 N–H and O–H groups in total. The molecule has 0 spiro atoms. The summed E-state index contributed by atoms with van der Waals surface area (Å²) >= 11 is 0. The standard InChI is InChI=1S/C19H19F3N2O4S/c1-13-12-24(9-10-28-13)18(25)14-5-7-17(8-6-14)29(26,27)23-16-4-2-3-15(11-16)19(20,21)22/h2-8,11,13,23H,9-10,12H2,1H3. The molecule has 29 heavy (non-hydrogen) atoms. The average Bonchev–Trinajstić information content (AvgIpc) is 2.67. The molecule has 1 aliphatic heterocycles. The molecule has 1 aliphatic rings. The summed E-state index contributed by atoms with van der Waals surface area (Å²) in [5, 5.41) is 0. The Morgan fingerprint density at radius 2 is 1.86 bits per heavy atom. The molecule has 6 nitrogen and oxygen atoms in total. The fourth-order valence-corrected chi connectivity index (χ4v) is 3.98. The first kappa shape index (κ1) is 21.1. The molecule has 1 amide bonds. The minimum atomic E-state index is -4.58. The second-order valence-corrected chi connectivity index (χ2v) is 8.32. The monoisotopic (exact) mass is 428 g/mol. The highest BCUT2D eigenvalue weighted by Crippen LogP contribution is 2.31. The van der Waals surface area contributed by atoms with Gasteiger partial charge in [0.15, 0.2) is 0 Å². The van der Waals surface area contributed by atoms with Crippen molar-refractivity contribution in [3.63, 3.8) is 0 Å². The number of nitrogens with one attached hydrogen (secondary N) is 1. The minimum Gasteiger partial charge on any atom is -0.375 e. The SMILES string of the molecule is CC1CN(C(=O)c2ccc(S(=O)(=O)Nc3cccc(C(F)(F)F)c3)cc2)CCO1. The van der Waals surface area contributed by atoms with E-state index in [0.717, 1.165) is 18.2 Å². The van der Waals surface area contributed by atoms with Crippen LogP contribution in [0.25, 0.3) is 0 Å². The summed E-state index contributed by atoms with van der Waals surface area (Å²) in [6.07, 6.45) is -4.66. The van der Waals surface area contributed by atoms with Crippen LogP contribution in [0.5, 0.6) is 0 Å². The predicted molar refractivity (Wildman–Crippen MR) is 100 cm³/mol. The van der Waals surface area contributed by atoms with Crippen molar-refractivity contribution < 1.29 is 31.1 Å². The summed E-state index contributed by atoms with van der Waals surface area (Å²) in [5.41, 5.74) is -0.849. The molecule has 1 atom stereocenters. The highest BCUT2D eigenvalue weighted by Gasteiger charge is 2.31. The van der Waals surface area contributed by atoms with Crippen molar-refractivity contribution in [1.29, 1.82) is 0 Å². The van der Waals surface area contributed by atoms with Gasteiger partial charge in [-0.05, 0) is 49.4 Å². The van der Waals surface area contributed by atoms with Crippen molar-refractivity contribution in [3.8, 4) is 0 Å². The zero-order valence-electron chi connectivity index (χ0n) is 15.4. The van der Waals surface area contributed by atoms with E-state index in [0.29, 0.717) is 25.3 Å². The molecule has 1 fully saturated rings. The lowest BCUT2D eigenvalue weighted by Crippen LogP contribution is -2.44. The molecular formula is C19H19F3N2O4S. The van der Waals surface area contributed by atoms with Gasteiger partial charge in [0.25, 0.3) is 15.9 Å². The maximum atomic E-state index is 12.8. The number of benzene rings is 2. The Hall–Kier alpha value is -2.59. The third kappa shape index (κ3) is 5.07. The number of anilines is 1. The van der Waals surface area contributed by atoms with E-state index in [2.05, 4.69) is 4.72 Å². The first-order valence-electron chi connectivity index (χ1n) is 8.77. The minimum absolute atomic E-state index is 0.0796. The second-order valence-electron chi connectivity index (χ2n) is 6.64. The number of alkyl halides is 3. The van der Waals surface area contributed by atoms with Crippen molar-refractivity contribution in [3.05, 3.63) is 59.7 Å². The first-order valence-corrected chi connectivity index (χ1v) is 10.3. The summed E-state index contributed by atoms with van der Waals surface area (Å²) in [7, 11) is -4.11. The van der Waals surface area contributed by atoms with Crippen LogP contribution in [0.3, 0.4) is 0 Å². The maximum absolute atomic E-state index is 12.8. The second kappa shape index (κ2) is 8.03. The molecule has 2 aromatic rings. The summed E-state index contributed by atoms with van der Waals surface area (Å²) < 4.78 is 70.9. The van der Waals surface area contributed by atoms with Gasteiger partial charge >= 0.3 is 6.18 Å². The molecule has 1 unspecified atom stereocenters. The van der Waals surface area contributed by atoms with Gasteiger partial charge in [-0.25, -0.2) is 8.42 Å². The molecule has 0 aliphatic carbocycles. The Morgan fingerprint density at radius 3 is 2.48 bits per heavy atom. The highest BCUT2D eigenvalue weighted by molar-refractivity contribution is 7.92. The van der Waals surface area contributed by atoms with E-state index in [1.165, 1.54) is 30.3 Å². The Morgan fingerprint density at radius 1 is 1.17 bits per heavy atom. The van der Waals surface area contributed by atoms with Crippen molar-refractivity contribution in [2.24, 2.45) is 0 Å². The van der Waals surface area contributed by atoms with Gasteiger partial charge in [-0.15, -0.1) is 0 Å². The fraction of sp³-hybridized carbons (Fsp3) is 0.316. The lowest BCUT2D eigenvalue weighted by Gasteiger charge is -2.31. The van der Waals surface area contributed by atoms with E-state index in [4.69, 9.17) is 4.74 Å². The third-order valence-electron chi connectivity index (χ3n) is 4.38. The van der Waals surface area contributed by atoms with Gasteiger partial charge in [0.05, 0.1) is 23.2 Å². The molecule has 0 radical (unpaired) electrons. The van der Waals surface area contributed by atoms with E-state index < -0.39 is 21.8 Å². The number of hydrogen-bond donors (Lipinski definition) is 1. The number of carbonyl (C=O) groups excluding carboxylic acids is 1. The van der Waals surface area contributed by atoms with E-state index in [9.17, 15) is 26.4 Å². The van der Waals surface area contributed by atoms with Crippen molar-refractivity contribution >= 4 is 21.6 Å². The number of ether oxygens (including phenoxy) is 1. The smallest absolute Gasteiger partial charge is 0.375 e. The topological polar surface area (TPSA) is 75.7 Å². The number of morpholine rings is 1. The number of sulfonamides is 1. The number of amides is 1.